The summed E-state index contributed by atoms with van der Waals surface area (Å²) in [6, 6.07) is 9.63. The fourth-order valence-electron chi connectivity index (χ4n) is 5.30. The molecule has 0 spiro atoms. The Hall–Kier alpha value is -1.80. The number of amides is 1. The van der Waals surface area contributed by atoms with E-state index in [0.717, 1.165) is 18.7 Å². The molecule has 0 saturated carbocycles. The van der Waals surface area contributed by atoms with Gasteiger partial charge in [0.15, 0.2) is 0 Å². The molecular formula is C27H35Cl2FN4O5S2. The van der Waals surface area contributed by atoms with E-state index in [4.69, 9.17) is 23.2 Å². The third-order valence-electron chi connectivity index (χ3n) is 7.64. The second kappa shape index (κ2) is 13.7. The molecule has 2 aliphatic rings. The molecule has 0 radical (unpaired) electrons. The first kappa shape index (κ1) is 32.1. The average Bonchev–Trinajstić information content (AvgIpc) is 2.93. The van der Waals surface area contributed by atoms with Crippen LogP contribution in [-0.4, -0.2) is 83.5 Å². The Bertz CT molecular complexity index is 1430. The number of nitrogens with zero attached hydrogens (tertiary/aromatic N) is 3. The van der Waals surface area contributed by atoms with Crippen LogP contribution >= 0.6 is 23.2 Å². The Morgan fingerprint density at radius 1 is 0.951 bits per heavy atom. The van der Waals surface area contributed by atoms with Gasteiger partial charge in [0.1, 0.15) is 5.82 Å². The summed E-state index contributed by atoms with van der Waals surface area (Å²) >= 11 is 12.4. The highest BCUT2D eigenvalue weighted by Crippen LogP contribution is 2.30. The monoisotopic (exact) mass is 648 g/mol. The summed E-state index contributed by atoms with van der Waals surface area (Å²) in [5, 5.41) is 0.737. The van der Waals surface area contributed by atoms with Crippen molar-refractivity contribution < 1.29 is 26.0 Å². The molecule has 41 heavy (non-hydrogen) atoms. The molecule has 2 fully saturated rings. The molecule has 0 bridgehead atoms. The number of likely N-dealkylation sites (tertiary alicyclic amines) is 1. The van der Waals surface area contributed by atoms with Crippen LogP contribution in [0.25, 0.3) is 0 Å². The summed E-state index contributed by atoms with van der Waals surface area (Å²) in [6.45, 7) is 3.17. The zero-order chi connectivity index (χ0) is 29.8. The number of anilines is 1. The number of nitrogens with one attached hydrogen (secondary N) is 1. The van der Waals surface area contributed by atoms with E-state index in [0.29, 0.717) is 80.6 Å². The number of carbonyl (C=O) groups is 1. The number of hydrogen-bond acceptors (Lipinski definition) is 6. The van der Waals surface area contributed by atoms with E-state index in [-0.39, 0.29) is 22.8 Å². The molecule has 226 valence electrons. The maximum Gasteiger partial charge on any atom is 0.240 e. The summed E-state index contributed by atoms with van der Waals surface area (Å²) in [5.74, 6) is -0.855. The molecule has 1 amide bonds. The summed E-state index contributed by atoms with van der Waals surface area (Å²) in [4.78, 5) is 17.6. The van der Waals surface area contributed by atoms with Gasteiger partial charge in [-0.25, -0.2) is 30.3 Å². The van der Waals surface area contributed by atoms with Crippen LogP contribution < -0.4 is 9.62 Å². The lowest BCUT2D eigenvalue weighted by molar-refractivity contribution is -0.123. The van der Waals surface area contributed by atoms with E-state index in [1.807, 2.05) is 0 Å². The minimum atomic E-state index is -3.73. The van der Waals surface area contributed by atoms with Gasteiger partial charge in [0.25, 0.3) is 0 Å². The molecule has 2 aliphatic heterocycles. The van der Waals surface area contributed by atoms with Gasteiger partial charge in [-0.05, 0) is 94.2 Å². The predicted molar refractivity (Wildman–Crippen MR) is 159 cm³/mol. The van der Waals surface area contributed by atoms with Crippen LogP contribution in [0.1, 0.15) is 32.1 Å². The fraction of sp³-hybridized carbons (Fsp3) is 0.519. The first-order valence-electron chi connectivity index (χ1n) is 13.6. The van der Waals surface area contributed by atoms with E-state index < -0.39 is 25.9 Å². The lowest BCUT2D eigenvalue weighted by Gasteiger charge is -2.35. The molecule has 1 N–H and O–H groups in total. The zero-order valence-corrected chi connectivity index (χ0v) is 26.0. The minimum Gasteiger partial charge on any atom is -0.312 e. The Morgan fingerprint density at radius 2 is 1.59 bits per heavy atom. The van der Waals surface area contributed by atoms with E-state index in [1.165, 1.54) is 22.7 Å². The number of hydrogen-bond donors (Lipinski definition) is 1. The molecule has 0 aliphatic carbocycles. The van der Waals surface area contributed by atoms with Crippen molar-refractivity contribution in [2.75, 3.05) is 50.4 Å². The van der Waals surface area contributed by atoms with Gasteiger partial charge in [0, 0.05) is 37.3 Å². The van der Waals surface area contributed by atoms with Gasteiger partial charge in [-0.3, -0.25) is 4.79 Å². The van der Waals surface area contributed by atoms with E-state index in [2.05, 4.69) is 9.62 Å². The quantitative estimate of drug-likeness (QED) is 0.418. The van der Waals surface area contributed by atoms with Gasteiger partial charge in [-0.1, -0.05) is 23.2 Å². The normalized spacial score (nSPS) is 18.4. The molecule has 14 heteroatoms. The lowest BCUT2D eigenvalue weighted by atomic mass is 9.96. The van der Waals surface area contributed by atoms with Crippen molar-refractivity contribution in [3.05, 3.63) is 58.3 Å². The maximum atomic E-state index is 13.6. The van der Waals surface area contributed by atoms with Crippen molar-refractivity contribution in [1.82, 2.24) is 13.9 Å². The average molecular weight is 650 g/mol. The molecule has 2 saturated heterocycles. The van der Waals surface area contributed by atoms with Gasteiger partial charge < -0.3 is 9.80 Å². The number of rotatable bonds is 10. The molecule has 0 atom stereocenters. The maximum absolute atomic E-state index is 13.6. The van der Waals surface area contributed by atoms with Crippen LogP contribution in [0.2, 0.25) is 10.0 Å². The molecule has 9 nitrogen and oxygen atoms in total. The molecule has 4 rings (SSSR count). The van der Waals surface area contributed by atoms with Crippen molar-refractivity contribution in [3.8, 4) is 0 Å². The Labute approximate surface area is 251 Å². The van der Waals surface area contributed by atoms with Crippen LogP contribution in [0.15, 0.2) is 47.4 Å². The van der Waals surface area contributed by atoms with Gasteiger partial charge in [-0.15, -0.1) is 0 Å². The summed E-state index contributed by atoms with van der Waals surface area (Å²) in [6.07, 6.45) is 4.03. The zero-order valence-electron chi connectivity index (χ0n) is 22.8. The number of halogens is 3. The van der Waals surface area contributed by atoms with E-state index in [9.17, 15) is 26.0 Å². The standard InChI is InChI=1S/C27H35Cl2FN4O5S2/c1-40(36,37)33-17-9-20(10-18-33)27(35)34(23-5-8-25(28)26(29)19-23)14-2-13-32-15-11-22(12-16-32)31-41(38,39)24-6-3-21(30)4-7-24/h3-8,19-20,22,31H,2,9-18H2,1H3. The Balaban J connectivity index is 1.32. The summed E-state index contributed by atoms with van der Waals surface area (Å²) < 4.78 is 66.4. The lowest BCUT2D eigenvalue weighted by Crippen LogP contribution is -2.46. The van der Waals surface area contributed by atoms with Gasteiger partial charge in [0.05, 0.1) is 21.2 Å². The fourth-order valence-corrected chi connectivity index (χ4v) is 7.77. The summed E-state index contributed by atoms with van der Waals surface area (Å²) in [5.41, 5.74) is 0.642. The van der Waals surface area contributed by atoms with Crippen molar-refractivity contribution in [2.45, 2.75) is 43.0 Å². The number of benzene rings is 2. The second-order valence-corrected chi connectivity index (χ2v) is 15.1. The van der Waals surface area contributed by atoms with Gasteiger partial charge in [-0.2, -0.15) is 0 Å². The topological polar surface area (TPSA) is 107 Å². The number of piperidine rings is 2. The third-order valence-corrected chi connectivity index (χ3v) is 11.2. The van der Waals surface area contributed by atoms with Crippen LogP contribution in [0.5, 0.6) is 0 Å². The van der Waals surface area contributed by atoms with Crippen LogP contribution in [0, 0.1) is 11.7 Å². The highest BCUT2D eigenvalue weighted by molar-refractivity contribution is 7.89. The van der Waals surface area contributed by atoms with Gasteiger partial charge in [0.2, 0.25) is 26.0 Å². The van der Waals surface area contributed by atoms with Crippen molar-refractivity contribution in [3.63, 3.8) is 0 Å². The minimum absolute atomic E-state index is 0.0374. The highest BCUT2D eigenvalue weighted by Gasteiger charge is 2.32. The molecule has 0 aromatic heterocycles. The SMILES string of the molecule is CS(=O)(=O)N1CCC(C(=O)N(CCCN2CCC(NS(=O)(=O)c3ccc(F)cc3)CC2)c2ccc(Cl)c(Cl)c2)CC1. The van der Waals surface area contributed by atoms with Gasteiger partial charge >= 0.3 is 0 Å². The first-order valence-corrected chi connectivity index (χ1v) is 17.6. The van der Waals surface area contributed by atoms with Crippen LogP contribution in [0.3, 0.4) is 0 Å². The van der Waals surface area contributed by atoms with E-state index >= 15 is 0 Å². The van der Waals surface area contributed by atoms with Crippen molar-refractivity contribution in [2.24, 2.45) is 5.92 Å². The highest BCUT2D eigenvalue weighted by atomic mass is 35.5. The number of carbonyl (C=O) groups excluding carboxylic acids is 1. The molecule has 2 heterocycles. The number of sulfonamides is 2. The Kier molecular flexibility index (Phi) is 10.7. The Morgan fingerprint density at radius 3 is 2.17 bits per heavy atom. The van der Waals surface area contributed by atoms with Crippen LogP contribution in [0.4, 0.5) is 10.1 Å². The van der Waals surface area contributed by atoms with Crippen LogP contribution in [-0.2, 0) is 24.8 Å². The molecule has 2 aromatic carbocycles. The van der Waals surface area contributed by atoms with Crippen molar-refractivity contribution >= 4 is 54.8 Å². The molecule has 2 aromatic rings. The second-order valence-electron chi connectivity index (χ2n) is 10.6. The molecule has 0 unspecified atom stereocenters. The third kappa shape index (κ3) is 8.62. The van der Waals surface area contributed by atoms with Crippen molar-refractivity contribution in [1.29, 1.82) is 0 Å². The van der Waals surface area contributed by atoms with E-state index in [1.54, 1.807) is 23.1 Å². The smallest absolute Gasteiger partial charge is 0.240 e. The first-order chi connectivity index (χ1) is 19.3. The predicted octanol–water partition coefficient (Wildman–Crippen LogP) is 3.97. The summed E-state index contributed by atoms with van der Waals surface area (Å²) in [7, 11) is -7.02. The molecular weight excluding hydrogens is 614 g/mol. The largest absolute Gasteiger partial charge is 0.312 e.